The minimum atomic E-state index is -0.138. The molecule has 0 atom stereocenters. The lowest BCUT2D eigenvalue weighted by molar-refractivity contribution is 0.0951. The molecule has 1 N–H and O–H groups in total. The van der Waals surface area contributed by atoms with Crippen molar-refractivity contribution in [3.05, 3.63) is 83.3 Å². The fourth-order valence-corrected chi connectivity index (χ4v) is 2.27. The van der Waals surface area contributed by atoms with Gasteiger partial charge in [-0.05, 0) is 54.1 Å². The van der Waals surface area contributed by atoms with Crippen molar-refractivity contribution >= 4 is 17.5 Å². The Labute approximate surface area is 139 Å². The zero-order valence-electron chi connectivity index (χ0n) is 12.2. The van der Waals surface area contributed by atoms with Crippen LogP contribution in [0, 0.1) is 0 Å². The van der Waals surface area contributed by atoms with Crippen LogP contribution in [0.4, 0.5) is 0 Å². The van der Waals surface area contributed by atoms with E-state index in [2.05, 4.69) is 15.3 Å². The number of carbonyl (C=O) groups excluding carboxylic acids is 1. The summed E-state index contributed by atoms with van der Waals surface area (Å²) in [7, 11) is 0. The number of nitrogens with one attached hydrogen (secondary N) is 1. The van der Waals surface area contributed by atoms with Crippen LogP contribution in [0.25, 0.3) is 11.3 Å². The van der Waals surface area contributed by atoms with Gasteiger partial charge in [0.1, 0.15) is 0 Å². The van der Waals surface area contributed by atoms with Crippen molar-refractivity contribution in [3.8, 4) is 11.3 Å². The lowest BCUT2D eigenvalue weighted by Gasteiger charge is -2.07. The van der Waals surface area contributed by atoms with Gasteiger partial charge in [-0.15, -0.1) is 0 Å². The Balaban J connectivity index is 1.69. The molecule has 2 heterocycles. The van der Waals surface area contributed by atoms with Gasteiger partial charge in [-0.3, -0.25) is 14.8 Å². The van der Waals surface area contributed by atoms with E-state index < -0.39 is 0 Å². The first-order chi connectivity index (χ1) is 11.2. The molecule has 0 saturated carbocycles. The summed E-state index contributed by atoms with van der Waals surface area (Å²) in [6, 6.07) is 14.4. The van der Waals surface area contributed by atoms with Gasteiger partial charge < -0.3 is 5.32 Å². The van der Waals surface area contributed by atoms with Crippen LogP contribution in [-0.4, -0.2) is 15.9 Å². The molecule has 0 saturated heterocycles. The first kappa shape index (κ1) is 15.2. The van der Waals surface area contributed by atoms with E-state index in [0.717, 1.165) is 16.8 Å². The Morgan fingerprint density at radius 2 is 1.91 bits per heavy atom. The smallest absolute Gasteiger partial charge is 0.251 e. The van der Waals surface area contributed by atoms with E-state index >= 15 is 0 Å². The van der Waals surface area contributed by atoms with Crippen LogP contribution in [0.2, 0.25) is 5.02 Å². The van der Waals surface area contributed by atoms with Gasteiger partial charge in [-0.25, -0.2) is 0 Å². The molecule has 0 aliphatic rings. The van der Waals surface area contributed by atoms with Gasteiger partial charge in [0.05, 0.1) is 5.69 Å². The molecule has 3 aromatic rings. The predicted octanol–water partition coefficient (Wildman–Crippen LogP) is 3.73. The molecule has 114 valence electrons. The van der Waals surface area contributed by atoms with Crippen LogP contribution in [0.3, 0.4) is 0 Å². The van der Waals surface area contributed by atoms with Crippen LogP contribution in [0.1, 0.15) is 15.9 Å². The predicted molar refractivity (Wildman–Crippen MR) is 90.1 cm³/mol. The minimum Gasteiger partial charge on any atom is -0.348 e. The Kier molecular flexibility index (Phi) is 4.64. The first-order valence-electron chi connectivity index (χ1n) is 7.11. The van der Waals surface area contributed by atoms with Gasteiger partial charge in [-0.2, -0.15) is 0 Å². The van der Waals surface area contributed by atoms with E-state index in [1.165, 1.54) is 0 Å². The number of halogens is 1. The molecule has 0 unspecified atom stereocenters. The van der Waals surface area contributed by atoms with Crippen LogP contribution >= 0.6 is 11.6 Å². The molecule has 0 aliphatic heterocycles. The van der Waals surface area contributed by atoms with E-state index in [-0.39, 0.29) is 5.91 Å². The molecular formula is C18H14ClN3O. The number of hydrogen-bond acceptors (Lipinski definition) is 3. The highest BCUT2D eigenvalue weighted by molar-refractivity contribution is 6.30. The maximum atomic E-state index is 12.1. The summed E-state index contributed by atoms with van der Waals surface area (Å²) in [6.45, 7) is 0.428. The average molecular weight is 324 g/mol. The van der Waals surface area contributed by atoms with Gasteiger partial charge in [0.15, 0.2) is 0 Å². The van der Waals surface area contributed by atoms with Crippen molar-refractivity contribution in [2.24, 2.45) is 0 Å². The summed E-state index contributed by atoms with van der Waals surface area (Å²) in [4.78, 5) is 20.5. The Hall–Kier alpha value is -2.72. The molecule has 1 aromatic carbocycles. The molecule has 5 heteroatoms. The molecule has 3 rings (SSSR count). The Morgan fingerprint density at radius 1 is 1.09 bits per heavy atom. The third-order valence-electron chi connectivity index (χ3n) is 3.34. The zero-order chi connectivity index (χ0) is 16.1. The Bertz CT molecular complexity index is 804. The van der Waals surface area contributed by atoms with Crippen LogP contribution < -0.4 is 5.32 Å². The summed E-state index contributed by atoms with van der Waals surface area (Å²) in [5, 5.41) is 3.50. The number of hydrogen-bond donors (Lipinski definition) is 1. The van der Waals surface area contributed by atoms with Gasteiger partial charge in [-0.1, -0.05) is 11.6 Å². The molecule has 23 heavy (non-hydrogen) atoms. The molecule has 0 fully saturated rings. The summed E-state index contributed by atoms with van der Waals surface area (Å²) in [5.41, 5.74) is 3.33. The topological polar surface area (TPSA) is 54.9 Å². The highest BCUT2D eigenvalue weighted by Gasteiger charge is 2.06. The van der Waals surface area contributed by atoms with Crippen LogP contribution in [0.15, 0.2) is 67.1 Å². The SMILES string of the molecule is O=C(NCc1ccnc(-c2cccnc2)c1)c1ccc(Cl)cc1. The van der Waals surface area contributed by atoms with Gasteiger partial charge >= 0.3 is 0 Å². The highest BCUT2D eigenvalue weighted by Crippen LogP contribution is 2.16. The lowest BCUT2D eigenvalue weighted by atomic mass is 10.1. The first-order valence-corrected chi connectivity index (χ1v) is 7.49. The van der Waals surface area contributed by atoms with E-state index in [9.17, 15) is 4.79 Å². The maximum absolute atomic E-state index is 12.1. The quantitative estimate of drug-likeness (QED) is 0.796. The summed E-state index contributed by atoms with van der Waals surface area (Å²) >= 11 is 5.82. The van der Waals surface area contributed by atoms with Crippen molar-refractivity contribution in [1.82, 2.24) is 15.3 Å². The third kappa shape index (κ3) is 3.93. The number of benzene rings is 1. The second-order valence-electron chi connectivity index (χ2n) is 4.98. The molecule has 1 amide bonds. The van der Waals surface area contributed by atoms with Crippen molar-refractivity contribution < 1.29 is 4.79 Å². The number of carbonyl (C=O) groups is 1. The van der Waals surface area contributed by atoms with Gasteiger partial charge in [0, 0.05) is 41.3 Å². The van der Waals surface area contributed by atoms with Gasteiger partial charge in [0.2, 0.25) is 0 Å². The fraction of sp³-hybridized carbons (Fsp3) is 0.0556. The van der Waals surface area contributed by atoms with Gasteiger partial charge in [0.25, 0.3) is 5.91 Å². The Morgan fingerprint density at radius 3 is 2.65 bits per heavy atom. The second kappa shape index (κ2) is 7.03. The molecule has 0 radical (unpaired) electrons. The molecule has 4 nitrogen and oxygen atoms in total. The van der Waals surface area contributed by atoms with E-state index in [0.29, 0.717) is 17.1 Å². The van der Waals surface area contributed by atoms with Crippen molar-refractivity contribution in [1.29, 1.82) is 0 Å². The molecule has 0 aliphatic carbocycles. The third-order valence-corrected chi connectivity index (χ3v) is 3.59. The standard InChI is InChI=1S/C18H14ClN3O/c19-16-5-3-14(4-6-16)18(23)22-11-13-7-9-21-17(10-13)15-2-1-8-20-12-15/h1-10,12H,11H2,(H,22,23). The van der Waals surface area contributed by atoms with E-state index in [1.807, 2.05) is 24.3 Å². The van der Waals surface area contributed by atoms with Crippen LogP contribution in [0.5, 0.6) is 0 Å². The average Bonchev–Trinajstić information content (AvgIpc) is 2.61. The van der Waals surface area contributed by atoms with Crippen molar-refractivity contribution in [2.75, 3.05) is 0 Å². The summed E-state index contributed by atoms with van der Waals surface area (Å²) in [6.07, 6.45) is 5.21. The van der Waals surface area contributed by atoms with Crippen molar-refractivity contribution in [3.63, 3.8) is 0 Å². The maximum Gasteiger partial charge on any atom is 0.251 e. The fourth-order valence-electron chi connectivity index (χ4n) is 2.14. The normalized spacial score (nSPS) is 10.3. The number of pyridine rings is 2. The number of amides is 1. The lowest BCUT2D eigenvalue weighted by Crippen LogP contribution is -2.22. The monoisotopic (exact) mass is 323 g/mol. The molecule has 0 spiro atoms. The summed E-state index contributed by atoms with van der Waals surface area (Å²) < 4.78 is 0. The van der Waals surface area contributed by atoms with E-state index in [4.69, 9.17) is 11.6 Å². The van der Waals surface area contributed by atoms with E-state index in [1.54, 1.807) is 42.9 Å². The number of rotatable bonds is 4. The largest absolute Gasteiger partial charge is 0.348 e. The number of aromatic nitrogens is 2. The van der Waals surface area contributed by atoms with Crippen LogP contribution in [-0.2, 0) is 6.54 Å². The summed E-state index contributed by atoms with van der Waals surface area (Å²) in [5.74, 6) is -0.138. The highest BCUT2D eigenvalue weighted by atomic mass is 35.5. The number of nitrogens with zero attached hydrogens (tertiary/aromatic N) is 2. The molecule has 0 bridgehead atoms. The second-order valence-corrected chi connectivity index (χ2v) is 5.42. The zero-order valence-corrected chi connectivity index (χ0v) is 13.0. The van der Waals surface area contributed by atoms with Crippen molar-refractivity contribution in [2.45, 2.75) is 6.54 Å². The minimum absolute atomic E-state index is 0.138. The molecule has 2 aromatic heterocycles. The molecular weight excluding hydrogens is 310 g/mol.